The van der Waals surface area contributed by atoms with E-state index in [-0.39, 0.29) is 0 Å². The van der Waals surface area contributed by atoms with Gasteiger partial charge in [-0.2, -0.15) is 0 Å². The second kappa shape index (κ2) is 11.0. The highest BCUT2D eigenvalue weighted by Gasteiger charge is 2.13. The number of unbranched alkanes of at least 4 members (excludes halogenated alkanes) is 3. The van der Waals surface area contributed by atoms with Crippen LogP contribution in [0, 0.1) is 0 Å². The lowest BCUT2D eigenvalue weighted by Crippen LogP contribution is -2.24. The molecule has 3 heteroatoms. The summed E-state index contributed by atoms with van der Waals surface area (Å²) in [6.07, 6.45) is 9.17. The molecule has 1 heterocycles. The molecule has 1 unspecified atom stereocenters. The van der Waals surface area contributed by atoms with Gasteiger partial charge in [-0.25, -0.2) is 0 Å². The Kier molecular flexibility index (Phi) is 9.66. The molecule has 1 aliphatic rings. The molecule has 0 aliphatic carbocycles. The Balaban J connectivity index is 1.75. The number of ether oxygens (including phenoxy) is 2. The lowest BCUT2D eigenvalue weighted by atomic mass is 10.1. The minimum atomic E-state index is 0.373. The molecule has 0 amide bonds. The monoisotopic (exact) mass is 243 g/mol. The van der Waals surface area contributed by atoms with Gasteiger partial charge < -0.3 is 14.8 Å². The molecule has 0 saturated carbocycles. The summed E-state index contributed by atoms with van der Waals surface area (Å²) < 4.78 is 11.3. The second-order valence-electron chi connectivity index (χ2n) is 4.83. The van der Waals surface area contributed by atoms with Gasteiger partial charge in [0.1, 0.15) is 0 Å². The fourth-order valence-electron chi connectivity index (χ4n) is 2.14. The van der Waals surface area contributed by atoms with E-state index < -0.39 is 0 Å². The maximum absolute atomic E-state index is 5.66. The summed E-state index contributed by atoms with van der Waals surface area (Å²) in [6, 6.07) is 0. The van der Waals surface area contributed by atoms with Crippen molar-refractivity contribution in [3.8, 4) is 0 Å². The normalized spacial score (nSPS) is 20.6. The fraction of sp³-hybridized carbons (Fsp3) is 1.00. The maximum atomic E-state index is 5.66. The zero-order chi connectivity index (χ0) is 12.2. The molecule has 0 aromatic heterocycles. The van der Waals surface area contributed by atoms with Crippen LogP contribution in [0.2, 0.25) is 0 Å². The van der Waals surface area contributed by atoms with Gasteiger partial charge in [0.2, 0.25) is 0 Å². The first-order chi connectivity index (χ1) is 8.43. The highest BCUT2D eigenvalue weighted by molar-refractivity contribution is 4.62. The lowest BCUT2D eigenvalue weighted by molar-refractivity contribution is -0.0411. The van der Waals surface area contributed by atoms with E-state index in [1.807, 2.05) is 0 Å². The summed E-state index contributed by atoms with van der Waals surface area (Å²) in [4.78, 5) is 0. The van der Waals surface area contributed by atoms with E-state index in [2.05, 4.69) is 12.2 Å². The molecule has 0 radical (unpaired) electrons. The Morgan fingerprint density at radius 1 is 1.18 bits per heavy atom. The first kappa shape index (κ1) is 14.9. The third-order valence-corrected chi connectivity index (χ3v) is 3.22. The summed E-state index contributed by atoms with van der Waals surface area (Å²) in [5.41, 5.74) is 0. The Hall–Kier alpha value is -0.120. The quantitative estimate of drug-likeness (QED) is 0.598. The number of hydrogen-bond donors (Lipinski definition) is 1. The molecule has 1 aliphatic heterocycles. The molecule has 1 rings (SSSR count). The van der Waals surface area contributed by atoms with Crippen molar-refractivity contribution in [3.63, 3.8) is 0 Å². The van der Waals surface area contributed by atoms with E-state index in [1.165, 1.54) is 44.9 Å². The Labute approximate surface area is 106 Å². The third-order valence-electron chi connectivity index (χ3n) is 3.22. The minimum Gasteiger partial charge on any atom is -0.379 e. The smallest absolute Gasteiger partial charge is 0.0808 e. The molecule has 1 N–H and O–H groups in total. The Morgan fingerprint density at radius 3 is 2.82 bits per heavy atom. The average molecular weight is 243 g/mol. The minimum absolute atomic E-state index is 0.373. The van der Waals surface area contributed by atoms with Gasteiger partial charge in [-0.1, -0.05) is 19.8 Å². The van der Waals surface area contributed by atoms with Crippen molar-refractivity contribution in [2.24, 2.45) is 0 Å². The summed E-state index contributed by atoms with van der Waals surface area (Å²) in [5.74, 6) is 0. The molecule has 1 atom stereocenters. The van der Waals surface area contributed by atoms with Crippen molar-refractivity contribution < 1.29 is 9.47 Å². The molecule has 3 nitrogen and oxygen atoms in total. The Morgan fingerprint density at radius 2 is 2.06 bits per heavy atom. The van der Waals surface area contributed by atoms with E-state index in [0.29, 0.717) is 6.10 Å². The van der Waals surface area contributed by atoms with E-state index in [1.54, 1.807) is 0 Å². The molecule has 0 spiro atoms. The van der Waals surface area contributed by atoms with Crippen molar-refractivity contribution in [1.29, 1.82) is 0 Å². The van der Waals surface area contributed by atoms with Crippen LogP contribution in [-0.2, 0) is 9.47 Å². The van der Waals surface area contributed by atoms with Crippen molar-refractivity contribution in [2.75, 3.05) is 32.9 Å². The van der Waals surface area contributed by atoms with Gasteiger partial charge in [0.15, 0.2) is 0 Å². The van der Waals surface area contributed by atoms with Gasteiger partial charge in [-0.15, -0.1) is 0 Å². The molecule has 0 aromatic rings. The second-order valence-corrected chi connectivity index (χ2v) is 4.83. The average Bonchev–Trinajstić information content (AvgIpc) is 2.38. The third kappa shape index (κ3) is 8.58. The molecular weight excluding hydrogens is 214 g/mol. The summed E-state index contributed by atoms with van der Waals surface area (Å²) in [6.45, 7) is 7.04. The molecule has 0 aromatic carbocycles. The first-order valence-electron chi connectivity index (χ1n) is 7.33. The molecule has 102 valence electrons. The van der Waals surface area contributed by atoms with Gasteiger partial charge in [-0.3, -0.25) is 0 Å². The van der Waals surface area contributed by atoms with Crippen LogP contribution in [0.1, 0.15) is 51.9 Å². The van der Waals surface area contributed by atoms with Gasteiger partial charge in [0.25, 0.3) is 0 Å². The summed E-state index contributed by atoms with van der Waals surface area (Å²) >= 11 is 0. The SMILES string of the molecule is CCNCCCCCCOCC1CCCCO1. The van der Waals surface area contributed by atoms with Gasteiger partial charge in [-0.05, 0) is 45.2 Å². The topological polar surface area (TPSA) is 30.5 Å². The predicted molar refractivity (Wildman–Crippen MR) is 71.4 cm³/mol. The summed E-state index contributed by atoms with van der Waals surface area (Å²) in [5, 5.41) is 3.35. The molecular formula is C14H29NO2. The van der Waals surface area contributed by atoms with E-state index >= 15 is 0 Å². The standard InChI is InChI=1S/C14H29NO2/c1-2-15-10-6-3-4-7-11-16-13-14-9-5-8-12-17-14/h14-15H,2-13H2,1H3. The number of hydrogen-bond acceptors (Lipinski definition) is 3. The van der Waals surface area contributed by atoms with Gasteiger partial charge in [0, 0.05) is 13.2 Å². The van der Waals surface area contributed by atoms with Crippen LogP contribution >= 0.6 is 0 Å². The highest BCUT2D eigenvalue weighted by atomic mass is 16.5. The van der Waals surface area contributed by atoms with Crippen LogP contribution in [0.4, 0.5) is 0 Å². The first-order valence-corrected chi connectivity index (χ1v) is 7.33. The molecule has 1 fully saturated rings. The van der Waals surface area contributed by atoms with Crippen molar-refractivity contribution in [3.05, 3.63) is 0 Å². The maximum Gasteiger partial charge on any atom is 0.0808 e. The van der Waals surface area contributed by atoms with Gasteiger partial charge in [0.05, 0.1) is 12.7 Å². The molecule has 1 saturated heterocycles. The number of nitrogens with one attached hydrogen (secondary N) is 1. The van der Waals surface area contributed by atoms with Crippen molar-refractivity contribution in [2.45, 2.75) is 58.0 Å². The summed E-state index contributed by atoms with van der Waals surface area (Å²) in [7, 11) is 0. The van der Waals surface area contributed by atoms with Crippen LogP contribution in [0.25, 0.3) is 0 Å². The van der Waals surface area contributed by atoms with Crippen LogP contribution in [-0.4, -0.2) is 39.0 Å². The Bertz CT molecular complexity index is 158. The van der Waals surface area contributed by atoms with E-state index in [4.69, 9.17) is 9.47 Å². The zero-order valence-electron chi connectivity index (χ0n) is 11.4. The zero-order valence-corrected chi connectivity index (χ0v) is 11.4. The van der Waals surface area contributed by atoms with Crippen LogP contribution in [0.15, 0.2) is 0 Å². The number of rotatable bonds is 10. The van der Waals surface area contributed by atoms with Crippen LogP contribution in [0.5, 0.6) is 0 Å². The van der Waals surface area contributed by atoms with Crippen molar-refractivity contribution in [1.82, 2.24) is 5.32 Å². The van der Waals surface area contributed by atoms with E-state index in [9.17, 15) is 0 Å². The predicted octanol–water partition coefficient (Wildman–Crippen LogP) is 2.74. The van der Waals surface area contributed by atoms with Crippen LogP contribution in [0.3, 0.4) is 0 Å². The van der Waals surface area contributed by atoms with Crippen LogP contribution < -0.4 is 5.32 Å². The van der Waals surface area contributed by atoms with E-state index in [0.717, 1.165) is 32.9 Å². The largest absolute Gasteiger partial charge is 0.379 e. The fourth-order valence-corrected chi connectivity index (χ4v) is 2.14. The van der Waals surface area contributed by atoms with Crippen molar-refractivity contribution >= 4 is 0 Å². The van der Waals surface area contributed by atoms with Gasteiger partial charge >= 0.3 is 0 Å². The molecule has 17 heavy (non-hydrogen) atoms. The highest BCUT2D eigenvalue weighted by Crippen LogP contribution is 2.12. The lowest BCUT2D eigenvalue weighted by Gasteiger charge is -2.22. The molecule has 0 bridgehead atoms.